The highest BCUT2D eigenvalue weighted by Crippen LogP contribution is 2.38. The van der Waals surface area contributed by atoms with E-state index in [4.69, 9.17) is 0 Å². The van der Waals surface area contributed by atoms with E-state index >= 15 is 0 Å². The summed E-state index contributed by atoms with van der Waals surface area (Å²) in [6.45, 7) is 7.58. The van der Waals surface area contributed by atoms with Gasteiger partial charge in [-0.1, -0.05) is 6.92 Å². The van der Waals surface area contributed by atoms with E-state index in [2.05, 4.69) is 26.1 Å². The second-order valence-electron chi connectivity index (χ2n) is 6.46. The summed E-state index contributed by atoms with van der Waals surface area (Å²) >= 11 is 0. The first-order valence-corrected chi connectivity index (χ1v) is 9.03. The van der Waals surface area contributed by atoms with Gasteiger partial charge in [0.15, 0.2) is 0 Å². The predicted octanol–water partition coefficient (Wildman–Crippen LogP) is 2.06. The van der Waals surface area contributed by atoms with Gasteiger partial charge in [-0.2, -0.15) is 0 Å². The van der Waals surface area contributed by atoms with E-state index < -0.39 is 10.0 Å². The van der Waals surface area contributed by atoms with Crippen molar-refractivity contribution in [2.24, 2.45) is 11.8 Å². The fraction of sp³-hybridized carbons (Fsp3) is 0.733. The van der Waals surface area contributed by atoms with Crippen LogP contribution in [0.5, 0.6) is 0 Å². The van der Waals surface area contributed by atoms with Gasteiger partial charge in [-0.15, -0.1) is 0 Å². The first-order chi connectivity index (χ1) is 9.77. The lowest BCUT2D eigenvalue weighted by Gasteiger charge is -2.16. The summed E-state index contributed by atoms with van der Waals surface area (Å²) in [5.41, 5.74) is 0.999. The van der Waals surface area contributed by atoms with Crippen molar-refractivity contribution in [2.75, 3.05) is 20.6 Å². The van der Waals surface area contributed by atoms with Crippen LogP contribution in [0.2, 0.25) is 0 Å². The van der Waals surface area contributed by atoms with E-state index in [0.29, 0.717) is 29.8 Å². The second kappa shape index (κ2) is 6.10. The molecule has 6 heteroatoms. The monoisotopic (exact) mass is 313 g/mol. The number of sulfonamides is 1. The Hall–Kier alpha value is -0.850. The van der Waals surface area contributed by atoms with Crippen molar-refractivity contribution in [3.63, 3.8) is 0 Å². The van der Waals surface area contributed by atoms with Crippen molar-refractivity contribution in [1.82, 2.24) is 14.2 Å². The third kappa shape index (κ3) is 3.49. The maximum atomic E-state index is 12.7. The second-order valence-corrected chi connectivity index (χ2v) is 8.50. The third-order valence-electron chi connectivity index (χ3n) is 4.30. The van der Waals surface area contributed by atoms with Crippen molar-refractivity contribution >= 4 is 10.0 Å². The lowest BCUT2D eigenvalue weighted by atomic mass is 10.3. The minimum atomic E-state index is -3.39. The number of nitrogens with one attached hydrogen (secondary N) is 1. The molecule has 0 amide bonds. The summed E-state index contributed by atoms with van der Waals surface area (Å²) in [4.78, 5) is 0.400. The molecular weight excluding hydrogens is 286 g/mol. The Labute approximate surface area is 128 Å². The standard InChI is InChI=1S/C15H27N3O2S/c1-11(2)18-10-15(7-14(18)8-16-4)21(19,20)17(5)9-13-6-12(13)3/h7,10-13,16H,6,8-9H2,1-5H3. The maximum absolute atomic E-state index is 12.7. The highest BCUT2D eigenvalue weighted by atomic mass is 32.2. The van der Waals surface area contributed by atoms with Gasteiger partial charge >= 0.3 is 0 Å². The predicted molar refractivity (Wildman–Crippen MR) is 84.7 cm³/mol. The van der Waals surface area contributed by atoms with Crippen LogP contribution >= 0.6 is 0 Å². The van der Waals surface area contributed by atoms with Crippen molar-refractivity contribution in [3.8, 4) is 0 Å². The molecule has 21 heavy (non-hydrogen) atoms. The molecule has 1 aliphatic carbocycles. The summed E-state index contributed by atoms with van der Waals surface area (Å²) < 4.78 is 28.9. The number of nitrogens with zero attached hydrogens (tertiary/aromatic N) is 2. The molecule has 2 atom stereocenters. The molecule has 120 valence electrons. The van der Waals surface area contributed by atoms with Crippen LogP contribution < -0.4 is 5.32 Å². The average Bonchev–Trinajstić information content (AvgIpc) is 2.90. The number of hydrogen-bond donors (Lipinski definition) is 1. The SMILES string of the molecule is CNCc1cc(S(=O)(=O)N(C)CC2CC2C)cn1C(C)C. The van der Waals surface area contributed by atoms with Gasteiger partial charge in [0, 0.05) is 38.1 Å². The van der Waals surface area contributed by atoms with Gasteiger partial charge in [0.25, 0.3) is 0 Å². The van der Waals surface area contributed by atoms with Crippen LogP contribution in [0.25, 0.3) is 0 Å². The Bertz CT molecular complexity index is 592. The molecule has 2 rings (SSSR count). The van der Waals surface area contributed by atoms with Crippen LogP contribution in [-0.2, 0) is 16.6 Å². The molecule has 0 aromatic carbocycles. The van der Waals surface area contributed by atoms with Crippen LogP contribution in [0.4, 0.5) is 0 Å². The van der Waals surface area contributed by atoms with E-state index in [1.807, 2.05) is 11.6 Å². The fourth-order valence-corrected chi connectivity index (χ4v) is 3.98. The van der Waals surface area contributed by atoms with Crippen LogP contribution in [-0.4, -0.2) is 37.9 Å². The van der Waals surface area contributed by atoms with E-state index in [1.165, 1.54) is 4.31 Å². The molecule has 2 unspecified atom stereocenters. The zero-order valence-electron chi connectivity index (χ0n) is 13.6. The Morgan fingerprint density at radius 2 is 2.10 bits per heavy atom. The van der Waals surface area contributed by atoms with E-state index in [0.717, 1.165) is 12.1 Å². The highest BCUT2D eigenvalue weighted by molar-refractivity contribution is 7.89. The summed E-state index contributed by atoms with van der Waals surface area (Å²) in [7, 11) is 0.167. The smallest absolute Gasteiger partial charge is 0.244 e. The van der Waals surface area contributed by atoms with Crippen molar-refractivity contribution in [3.05, 3.63) is 18.0 Å². The zero-order valence-corrected chi connectivity index (χ0v) is 14.4. The van der Waals surface area contributed by atoms with Gasteiger partial charge in [-0.25, -0.2) is 12.7 Å². The molecule has 1 aliphatic rings. The summed E-state index contributed by atoms with van der Waals surface area (Å²) in [6.07, 6.45) is 2.90. The van der Waals surface area contributed by atoms with Gasteiger partial charge in [-0.3, -0.25) is 0 Å². The van der Waals surface area contributed by atoms with Crippen LogP contribution in [0, 0.1) is 11.8 Å². The largest absolute Gasteiger partial charge is 0.346 e. The van der Waals surface area contributed by atoms with E-state index in [1.54, 1.807) is 19.3 Å². The normalized spacial score (nSPS) is 22.2. The first kappa shape index (κ1) is 16.5. The lowest BCUT2D eigenvalue weighted by molar-refractivity contribution is 0.444. The molecule has 0 aliphatic heterocycles. The Kier molecular flexibility index (Phi) is 4.80. The van der Waals surface area contributed by atoms with E-state index in [-0.39, 0.29) is 6.04 Å². The van der Waals surface area contributed by atoms with Gasteiger partial charge in [-0.05, 0) is 45.2 Å². The van der Waals surface area contributed by atoms with Gasteiger partial charge in [0.2, 0.25) is 10.0 Å². The Morgan fingerprint density at radius 3 is 2.57 bits per heavy atom. The number of aromatic nitrogens is 1. The van der Waals surface area contributed by atoms with Crippen LogP contribution in [0.1, 0.15) is 38.9 Å². The summed E-state index contributed by atoms with van der Waals surface area (Å²) in [5.74, 6) is 1.18. The first-order valence-electron chi connectivity index (χ1n) is 7.59. The molecule has 5 nitrogen and oxygen atoms in total. The van der Waals surface area contributed by atoms with Gasteiger partial charge < -0.3 is 9.88 Å². The molecular formula is C15H27N3O2S. The Morgan fingerprint density at radius 1 is 1.48 bits per heavy atom. The van der Waals surface area contributed by atoms with Crippen LogP contribution in [0.15, 0.2) is 17.2 Å². The van der Waals surface area contributed by atoms with E-state index in [9.17, 15) is 8.42 Å². The molecule has 0 radical (unpaired) electrons. The molecule has 1 aromatic heterocycles. The van der Waals surface area contributed by atoms with Gasteiger partial charge in [0.05, 0.1) is 0 Å². The van der Waals surface area contributed by atoms with Crippen LogP contribution in [0.3, 0.4) is 0 Å². The molecule has 1 N–H and O–H groups in total. The van der Waals surface area contributed by atoms with Gasteiger partial charge in [0.1, 0.15) is 4.90 Å². The molecule has 1 heterocycles. The van der Waals surface area contributed by atoms with Crippen molar-refractivity contribution in [2.45, 2.75) is 44.7 Å². The summed E-state index contributed by atoms with van der Waals surface area (Å²) in [5, 5.41) is 3.09. The average molecular weight is 313 g/mol. The fourth-order valence-electron chi connectivity index (χ4n) is 2.70. The number of hydrogen-bond acceptors (Lipinski definition) is 3. The molecule has 0 saturated heterocycles. The van der Waals surface area contributed by atoms with Crippen molar-refractivity contribution in [1.29, 1.82) is 0 Å². The quantitative estimate of drug-likeness (QED) is 0.838. The molecule has 0 bridgehead atoms. The highest BCUT2D eigenvalue weighted by Gasteiger charge is 2.36. The molecule has 1 fully saturated rings. The Balaban J connectivity index is 2.24. The third-order valence-corrected chi connectivity index (χ3v) is 6.09. The molecule has 1 aromatic rings. The maximum Gasteiger partial charge on any atom is 0.244 e. The topological polar surface area (TPSA) is 54.3 Å². The van der Waals surface area contributed by atoms with Crippen molar-refractivity contribution < 1.29 is 8.42 Å². The summed E-state index contributed by atoms with van der Waals surface area (Å²) in [6, 6.07) is 2.03. The molecule has 1 saturated carbocycles. The lowest BCUT2D eigenvalue weighted by Crippen LogP contribution is -2.29. The molecule has 0 spiro atoms. The minimum Gasteiger partial charge on any atom is -0.346 e. The zero-order chi connectivity index (χ0) is 15.8. The number of rotatable bonds is 7. The minimum absolute atomic E-state index is 0.242.